The van der Waals surface area contributed by atoms with Crippen molar-refractivity contribution in [3.05, 3.63) is 126 Å². The maximum absolute atomic E-state index is 16.1. The van der Waals surface area contributed by atoms with Gasteiger partial charge in [-0.25, -0.2) is 18.6 Å². The summed E-state index contributed by atoms with van der Waals surface area (Å²) in [6.45, 7) is 0. The van der Waals surface area contributed by atoms with Crippen LogP contribution in [0.5, 0.6) is 0 Å². The zero-order chi connectivity index (χ0) is 35.1. The van der Waals surface area contributed by atoms with Crippen LogP contribution in [0.3, 0.4) is 0 Å². The highest BCUT2D eigenvalue weighted by atomic mass is 32.2. The molecular weight excluding hydrogens is 694 g/mol. The van der Waals surface area contributed by atoms with Crippen molar-refractivity contribution in [2.45, 2.75) is 9.79 Å². The fourth-order valence-electron chi connectivity index (χ4n) is 4.72. The molecule has 6 rings (SSSR count). The van der Waals surface area contributed by atoms with Crippen LogP contribution in [0.25, 0.3) is 11.0 Å². The Morgan fingerprint density at radius 3 is 1.90 bits per heavy atom. The van der Waals surface area contributed by atoms with Crippen molar-refractivity contribution < 1.29 is 44.2 Å². The maximum atomic E-state index is 16.1. The summed E-state index contributed by atoms with van der Waals surface area (Å²) in [6.07, 6.45) is 4.99. The van der Waals surface area contributed by atoms with E-state index in [4.69, 9.17) is 0 Å². The number of halogens is 4. The number of sulfonamides is 2. The van der Waals surface area contributed by atoms with Crippen LogP contribution in [0, 0.1) is 11.6 Å². The molecule has 19 heteroatoms. The highest BCUT2D eigenvalue weighted by molar-refractivity contribution is 7.93. The molecule has 0 aliphatic carbocycles. The molecular formula is C30H19F4N7O6S2. The molecule has 6 aromatic rings. The number of aromatic amines is 1. The number of anilines is 3. The maximum Gasteiger partial charge on any atom is 0.346 e. The number of hydrogen-bond donors (Lipinski definition) is 2. The number of aromatic nitrogens is 4. The standard InChI is InChI=1S/C30H19F4N7O6S2/c31-18-5-1-7-21(13-18)48(44,45)40(33)25-9-3-10-26(41(34)49(46,47)22-8-2-6-19(32)14-22)27(25)28(42)24-17-36-29-23(24)15-20(16-35-29)38-30(43)39-12-4-11-37-39/h1-17H,(H,35,36)(H,38,43). The molecule has 1 amide bonds. The van der Waals surface area contributed by atoms with Crippen LogP contribution in [0.4, 0.5) is 39.6 Å². The summed E-state index contributed by atoms with van der Waals surface area (Å²) in [4.78, 5) is 31.8. The zero-order valence-electron chi connectivity index (χ0n) is 24.3. The van der Waals surface area contributed by atoms with Crippen LogP contribution < -0.4 is 14.4 Å². The number of pyridine rings is 1. The largest absolute Gasteiger partial charge is 0.346 e. The van der Waals surface area contributed by atoms with Gasteiger partial charge in [0.25, 0.3) is 20.0 Å². The molecule has 2 N–H and O–H groups in total. The first kappa shape index (κ1) is 32.8. The normalized spacial score (nSPS) is 11.8. The number of ketones is 1. The van der Waals surface area contributed by atoms with Crippen molar-refractivity contribution in [1.82, 2.24) is 19.7 Å². The molecule has 0 bridgehead atoms. The molecule has 3 heterocycles. The van der Waals surface area contributed by atoms with Gasteiger partial charge in [-0.05, 0) is 60.7 Å². The monoisotopic (exact) mass is 713 g/mol. The number of nitrogens with one attached hydrogen (secondary N) is 2. The summed E-state index contributed by atoms with van der Waals surface area (Å²) in [5, 5.41) is 6.25. The van der Waals surface area contributed by atoms with Gasteiger partial charge in [-0.2, -0.15) is 26.6 Å². The van der Waals surface area contributed by atoms with Gasteiger partial charge in [-0.3, -0.25) is 4.79 Å². The minimum atomic E-state index is -5.30. The number of rotatable bonds is 9. The molecule has 0 fully saturated rings. The number of amides is 1. The first-order valence-electron chi connectivity index (χ1n) is 13.7. The Labute approximate surface area is 274 Å². The predicted octanol–water partition coefficient (Wildman–Crippen LogP) is 5.51. The molecule has 0 saturated carbocycles. The summed E-state index contributed by atoms with van der Waals surface area (Å²) < 4.78 is 112. The molecule has 0 radical (unpaired) electrons. The number of fused-ring (bicyclic) bond motifs is 1. The van der Waals surface area contributed by atoms with Gasteiger partial charge in [0.1, 0.15) is 28.7 Å². The molecule has 0 aliphatic heterocycles. The van der Waals surface area contributed by atoms with Crippen LogP contribution in [-0.2, 0) is 20.0 Å². The minimum absolute atomic E-state index is 0.0356. The zero-order valence-corrected chi connectivity index (χ0v) is 26.0. The number of nitrogens with zero attached hydrogens (tertiary/aromatic N) is 5. The molecule has 0 aliphatic rings. The van der Waals surface area contributed by atoms with Crippen molar-refractivity contribution in [2.24, 2.45) is 0 Å². The molecule has 0 atom stereocenters. The van der Waals surface area contributed by atoms with E-state index in [0.717, 1.165) is 65.5 Å². The highest BCUT2D eigenvalue weighted by Gasteiger charge is 2.36. The smallest absolute Gasteiger partial charge is 0.345 e. The van der Waals surface area contributed by atoms with Crippen molar-refractivity contribution in [3.8, 4) is 0 Å². The molecule has 0 spiro atoms. The lowest BCUT2D eigenvalue weighted by Gasteiger charge is -2.22. The van der Waals surface area contributed by atoms with Gasteiger partial charge in [0, 0.05) is 29.5 Å². The lowest BCUT2D eigenvalue weighted by Crippen LogP contribution is -2.28. The topological polar surface area (TPSA) is 167 Å². The van der Waals surface area contributed by atoms with E-state index < -0.39 is 79.3 Å². The number of carbonyl (C=O) groups is 2. The van der Waals surface area contributed by atoms with Gasteiger partial charge < -0.3 is 10.3 Å². The summed E-state index contributed by atoms with van der Waals surface area (Å²) in [6, 6.07) is 10.9. The van der Waals surface area contributed by atoms with Crippen molar-refractivity contribution in [3.63, 3.8) is 0 Å². The van der Waals surface area contributed by atoms with E-state index in [1.165, 1.54) is 30.7 Å². The van der Waals surface area contributed by atoms with Crippen molar-refractivity contribution >= 4 is 60.0 Å². The van der Waals surface area contributed by atoms with Crippen LogP contribution in [-0.4, -0.2) is 48.4 Å². The van der Waals surface area contributed by atoms with Gasteiger partial charge in [-0.1, -0.05) is 36.2 Å². The Bertz CT molecular complexity index is 2380. The van der Waals surface area contributed by atoms with E-state index in [9.17, 15) is 35.2 Å². The fraction of sp³-hybridized carbons (Fsp3) is 0. The summed E-state index contributed by atoms with van der Waals surface area (Å²) in [5.41, 5.74) is -3.76. The van der Waals surface area contributed by atoms with Crippen molar-refractivity contribution in [1.29, 1.82) is 0 Å². The summed E-state index contributed by atoms with van der Waals surface area (Å²) >= 11 is 0. The number of benzene rings is 3. The molecule has 0 unspecified atom stereocenters. The number of H-pyrrole nitrogens is 1. The minimum Gasteiger partial charge on any atom is -0.345 e. The van der Waals surface area contributed by atoms with E-state index in [2.05, 4.69) is 20.4 Å². The first-order valence-corrected chi connectivity index (χ1v) is 16.6. The van der Waals surface area contributed by atoms with Crippen LogP contribution in [0.2, 0.25) is 0 Å². The van der Waals surface area contributed by atoms with Gasteiger partial charge in [0.05, 0.1) is 27.2 Å². The Morgan fingerprint density at radius 1 is 0.796 bits per heavy atom. The highest BCUT2D eigenvalue weighted by Crippen LogP contribution is 2.39. The Kier molecular flexibility index (Phi) is 8.38. The molecule has 0 saturated heterocycles. The van der Waals surface area contributed by atoms with Gasteiger partial charge in [0.15, 0.2) is 5.78 Å². The third-order valence-corrected chi connectivity index (χ3v) is 9.91. The third kappa shape index (κ3) is 6.07. The molecule has 3 aromatic heterocycles. The second-order valence-electron chi connectivity index (χ2n) is 10.1. The van der Waals surface area contributed by atoms with Crippen LogP contribution in [0.15, 0.2) is 113 Å². The average molecular weight is 714 g/mol. The Balaban J connectivity index is 1.52. The second kappa shape index (κ2) is 12.5. The third-order valence-electron chi connectivity index (χ3n) is 6.98. The molecule has 13 nitrogen and oxygen atoms in total. The second-order valence-corrected chi connectivity index (χ2v) is 13.5. The summed E-state index contributed by atoms with van der Waals surface area (Å²) in [5.74, 6) is -3.40. The van der Waals surface area contributed by atoms with Crippen LogP contribution >= 0.6 is 0 Å². The molecule has 49 heavy (non-hydrogen) atoms. The van der Waals surface area contributed by atoms with E-state index in [0.29, 0.717) is 12.1 Å². The lowest BCUT2D eigenvalue weighted by atomic mass is 10.00. The number of hydrogen-bond acceptors (Lipinski definition) is 8. The van der Waals surface area contributed by atoms with Crippen molar-refractivity contribution in [2.75, 3.05) is 14.4 Å². The first-order chi connectivity index (χ1) is 23.3. The molecule has 3 aromatic carbocycles. The average Bonchev–Trinajstić information content (AvgIpc) is 3.78. The fourth-order valence-corrected chi connectivity index (χ4v) is 6.93. The SMILES string of the molecule is O=C(c1c(N(F)S(=O)(=O)c2cccc(F)c2)cccc1N(F)S(=O)(=O)c1cccc(F)c1)c1c[nH]c2ncc(NC(=O)n3cccn3)cc12. The quantitative estimate of drug-likeness (QED) is 0.112. The Morgan fingerprint density at radius 2 is 1.37 bits per heavy atom. The lowest BCUT2D eigenvalue weighted by molar-refractivity contribution is 0.104. The van der Waals surface area contributed by atoms with E-state index in [1.54, 1.807) is 0 Å². The van der Waals surface area contributed by atoms with Gasteiger partial charge >= 0.3 is 6.03 Å². The van der Waals surface area contributed by atoms with E-state index >= 15 is 8.96 Å². The van der Waals surface area contributed by atoms with E-state index in [1.807, 2.05) is 0 Å². The number of carbonyl (C=O) groups excluding carboxylic acids is 2. The predicted molar refractivity (Wildman–Crippen MR) is 167 cm³/mol. The summed E-state index contributed by atoms with van der Waals surface area (Å²) in [7, 11) is -10.6. The Hall–Kier alpha value is -6.08. The van der Waals surface area contributed by atoms with Gasteiger partial charge in [0.2, 0.25) is 0 Å². The van der Waals surface area contributed by atoms with Crippen LogP contribution in [0.1, 0.15) is 15.9 Å². The van der Waals surface area contributed by atoms with E-state index in [-0.39, 0.29) is 22.3 Å². The molecule has 250 valence electrons. The van der Waals surface area contributed by atoms with Gasteiger partial charge in [-0.15, -0.1) is 0 Å².